The quantitative estimate of drug-likeness (QED) is 0.0411. The van der Waals surface area contributed by atoms with Crippen molar-refractivity contribution in [3.63, 3.8) is 0 Å². The highest BCUT2D eigenvalue weighted by Crippen LogP contribution is 2.44. The zero-order chi connectivity index (χ0) is 82.7. The zero-order valence-corrected chi connectivity index (χ0v) is 71.2. The van der Waals surface area contributed by atoms with Crippen LogP contribution in [0.1, 0.15) is 78.1 Å². The minimum atomic E-state index is -4.14. The Labute approximate surface area is 696 Å². The molecule has 0 radical (unpaired) electrons. The predicted octanol–water partition coefficient (Wildman–Crippen LogP) is 11.5. The van der Waals surface area contributed by atoms with E-state index in [9.17, 15) is 55.0 Å². The lowest BCUT2D eigenvalue weighted by molar-refractivity contribution is -0.136. The average molecular weight is 1760 g/mol. The third-order valence-corrected chi connectivity index (χ3v) is 28.4. The maximum atomic E-state index is 13.9. The minimum absolute atomic E-state index is 0.0484. The largest absolute Gasteiger partial charge is 0.493 e. The van der Waals surface area contributed by atoms with Crippen molar-refractivity contribution in [1.82, 2.24) is 27.6 Å². The first-order valence-electron chi connectivity index (χ1n) is 37.2. The van der Waals surface area contributed by atoms with Crippen LogP contribution in [0.5, 0.6) is 51.7 Å². The van der Waals surface area contributed by atoms with Crippen LogP contribution in [0.3, 0.4) is 0 Å². The summed E-state index contributed by atoms with van der Waals surface area (Å²) in [5.74, 6) is 2.75. The van der Waals surface area contributed by atoms with E-state index in [2.05, 4.69) is 0 Å². The van der Waals surface area contributed by atoms with Crippen LogP contribution in [0.25, 0.3) is 0 Å². The molecule has 0 saturated carbocycles. The van der Waals surface area contributed by atoms with E-state index >= 15 is 0 Å². The van der Waals surface area contributed by atoms with Crippen molar-refractivity contribution in [3.05, 3.63) is 139 Å². The molecule has 0 aromatic heterocycles. The number of ether oxygens (including phenoxy) is 9. The molecule has 0 aliphatic carbocycles. The second kappa shape index (κ2) is 39.7. The maximum Gasteiger partial charge on any atom is 0.244 e. The number of hydrogen-bond acceptors (Lipinski definition) is 21. The monoisotopic (exact) mass is 1760 g/mol. The molecule has 6 aliphatic rings. The number of hydrogen-bond donors (Lipinski definition) is 3. The smallest absolute Gasteiger partial charge is 0.244 e. The van der Waals surface area contributed by atoms with Gasteiger partial charge in [-0.05, 0) is 175 Å². The lowest BCUT2D eigenvalue weighted by Gasteiger charge is -2.41. The van der Waals surface area contributed by atoms with Crippen LogP contribution in [-0.4, -0.2) is 243 Å². The highest BCUT2D eigenvalue weighted by atomic mass is 35.5. The average Bonchev–Trinajstić information content (AvgIpc) is 1.53. The van der Waals surface area contributed by atoms with Crippen LogP contribution in [0.15, 0.2) is 124 Å². The van der Waals surface area contributed by atoms with Gasteiger partial charge in [-0.15, -0.1) is 0 Å². The Bertz CT molecular complexity index is 4480. The Hall–Kier alpha value is -6.72. The Morgan fingerprint density at radius 1 is 0.386 bits per heavy atom. The number of methoxy groups -OCH3 is 6. The van der Waals surface area contributed by atoms with E-state index in [0.717, 1.165) is 0 Å². The third kappa shape index (κ3) is 20.7. The lowest BCUT2D eigenvalue weighted by Crippen LogP contribution is -2.55. The fourth-order valence-electron chi connectivity index (χ4n) is 16.0. The molecule has 11 atom stereocenters. The summed E-state index contributed by atoms with van der Waals surface area (Å²) in [6, 6.07) is 23.7. The molecule has 6 aliphatic heterocycles. The van der Waals surface area contributed by atoms with Gasteiger partial charge in [0, 0.05) is 105 Å². The van der Waals surface area contributed by atoms with E-state index < -0.39 is 90.4 Å². The first-order valence-corrected chi connectivity index (χ1v) is 43.8. The molecule has 6 heterocycles. The molecule has 6 bridgehead atoms. The molecule has 3 N–H and O–H groups in total. The SMILES string of the molecule is COc1ccc(OCCN2C[C@H](CCO)C3CCCC(C2=O)N3S(=O)(=O)c2cc(Cl)cc(Cl)c2)cc1OC.COc1ccc(OCCN2C[C@H]([C@@H](C)O)C3CCCC(C2=O)N3S(=O)(=O)c2cc(Cl)cc(Cl)c2)cc1OC.COc1ccc(OCCN2C[C@H]([C@H](C)O)C3CCCC(C2=O)N3S(=O)(=O)c2cc(Cl)cc(Cl)c2)cc1OC. The van der Waals surface area contributed by atoms with Crippen molar-refractivity contribution in [2.75, 3.05) is 108 Å². The van der Waals surface area contributed by atoms with E-state index in [1.54, 1.807) is 104 Å². The van der Waals surface area contributed by atoms with Gasteiger partial charge in [0.2, 0.25) is 47.8 Å². The minimum Gasteiger partial charge on any atom is -0.493 e. The summed E-state index contributed by atoms with van der Waals surface area (Å²) in [6.45, 7) is 5.09. The number of amides is 3. The van der Waals surface area contributed by atoms with Crippen LogP contribution in [0.2, 0.25) is 30.1 Å². The van der Waals surface area contributed by atoms with Gasteiger partial charge in [-0.3, -0.25) is 14.4 Å². The predicted molar refractivity (Wildman–Crippen MR) is 431 cm³/mol. The molecule has 6 unspecified atom stereocenters. The molecule has 624 valence electrons. The summed E-state index contributed by atoms with van der Waals surface area (Å²) < 4.78 is 137. The van der Waals surface area contributed by atoms with Gasteiger partial charge in [-0.25, -0.2) is 25.3 Å². The van der Waals surface area contributed by atoms with E-state index in [0.29, 0.717) is 122 Å². The van der Waals surface area contributed by atoms with Crippen molar-refractivity contribution in [1.29, 1.82) is 0 Å². The van der Waals surface area contributed by atoms with Crippen LogP contribution in [0.4, 0.5) is 0 Å². The van der Waals surface area contributed by atoms with Gasteiger partial charge in [-0.2, -0.15) is 12.9 Å². The molecule has 6 aromatic carbocycles. The van der Waals surface area contributed by atoms with Crippen molar-refractivity contribution in [2.45, 2.75) is 141 Å². The summed E-state index contributed by atoms with van der Waals surface area (Å²) in [4.78, 5) is 46.0. The normalized spacial score (nSPS) is 22.8. The number of aliphatic hydroxyl groups is 3. The molecular weight excluding hydrogens is 1670 g/mol. The summed E-state index contributed by atoms with van der Waals surface area (Å²) in [6.07, 6.45) is 3.53. The van der Waals surface area contributed by atoms with Crippen LogP contribution >= 0.6 is 69.6 Å². The standard InChI is InChI=1S/3C26H32Cl2N2O7S/c2*1-16(31)21-15-29(9-10-37-19-7-8-24(35-2)25(14-19)36-3)26(32)23-6-4-5-22(21)30(23)38(33,34)20-12-17(27)11-18(28)13-20;1-35-24-7-6-20(15-25(24)36-2)37-11-9-29-16-17(8-10-31)22-4-3-5-23(26(29)32)30(22)38(33,34)21-13-18(27)12-19(28)14-21/h2*7-8,11-14,16,21-23,31H,4-6,9-10,15H2,1-3H3;6-7,12-15,17,22-23,31H,3-5,8-11,16H2,1-2H3/t16-,21+,22?,23?;16-,21-,22?,23?;17-,22?,23?/m010/s1. The number of halogens is 6. The van der Waals surface area contributed by atoms with Crippen LogP contribution < -0.4 is 42.6 Å². The summed E-state index contributed by atoms with van der Waals surface area (Å²) >= 11 is 36.7. The number of benzene rings is 6. The summed E-state index contributed by atoms with van der Waals surface area (Å²) in [5, 5.41) is 32.4. The number of carbonyl (C=O) groups excluding carboxylic acids is 3. The van der Waals surface area contributed by atoms with E-state index in [1.807, 2.05) is 0 Å². The van der Waals surface area contributed by atoms with E-state index in [-0.39, 0.29) is 128 Å². The molecular formula is C78H96Cl6N6O21S3. The van der Waals surface area contributed by atoms with Crippen molar-refractivity contribution in [2.24, 2.45) is 17.8 Å². The van der Waals surface area contributed by atoms with E-state index in [4.69, 9.17) is 112 Å². The molecule has 3 amide bonds. The zero-order valence-electron chi connectivity index (χ0n) is 64.3. The van der Waals surface area contributed by atoms with Gasteiger partial charge >= 0.3 is 0 Å². The topological polar surface area (TPSA) is 317 Å². The van der Waals surface area contributed by atoms with Gasteiger partial charge in [0.05, 0.1) is 89.2 Å². The Morgan fingerprint density at radius 3 is 0.930 bits per heavy atom. The molecule has 12 rings (SSSR count). The first-order chi connectivity index (χ1) is 54.3. The van der Waals surface area contributed by atoms with Gasteiger partial charge in [0.1, 0.15) is 55.2 Å². The molecule has 36 heteroatoms. The highest BCUT2D eigenvalue weighted by Gasteiger charge is 2.54. The van der Waals surface area contributed by atoms with Gasteiger partial charge in [0.25, 0.3) is 0 Å². The number of nitrogens with zero attached hydrogens (tertiary/aromatic N) is 6. The third-order valence-electron chi connectivity index (χ3n) is 21.4. The fourth-order valence-corrected chi connectivity index (χ4v) is 23.8. The van der Waals surface area contributed by atoms with Crippen molar-refractivity contribution >= 4 is 117 Å². The Balaban J connectivity index is 0.000000181. The van der Waals surface area contributed by atoms with Gasteiger partial charge in [0.15, 0.2) is 34.5 Å². The molecule has 6 saturated heterocycles. The second-order valence-electron chi connectivity index (χ2n) is 28.4. The Kier molecular flexibility index (Phi) is 31.2. The van der Waals surface area contributed by atoms with Crippen LogP contribution in [-0.2, 0) is 44.5 Å². The number of piperidine rings is 3. The highest BCUT2D eigenvalue weighted by molar-refractivity contribution is 7.89. The van der Waals surface area contributed by atoms with Crippen molar-refractivity contribution in [3.8, 4) is 51.7 Å². The van der Waals surface area contributed by atoms with Crippen LogP contribution in [0, 0.1) is 17.8 Å². The molecule has 114 heavy (non-hydrogen) atoms. The number of sulfonamides is 3. The molecule has 6 fully saturated rings. The molecule has 27 nitrogen and oxygen atoms in total. The summed E-state index contributed by atoms with van der Waals surface area (Å²) in [7, 11) is -3.15. The maximum absolute atomic E-state index is 13.9. The molecule has 0 spiro atoms. The van der Waals surface area contributed by atoms with Gasteiger partial charge in [-0.1, -0.05) is 69.6 Å². The first kappa shape index (κ1) is 89.6. The van der Waals surface area contributed by atoms with E-state index in [1.165, 1.54) is 88.8 Å². The Morgan fingerprint density at radius 2 is 0.658 bits per heavy atom. The van der Waals surface area contributed by atoms with Gasteiger partial charge < -0.3 is 72.7 Å². The number of fused-ring (bicyclic) bond motifs is 6. The number of aliphatic hydroxyl groups excluding tert-OH is 3. The second-order valence-corrected chi connectivity index (χ2v) is 36.5. The van der Waals surface area contributed by atoms with Crippen molar-refractivity contribution < 1.29 is 97.6 Å². The number of carbonyl (C=O) groups is 3. The fraction of sp³-hybridized carbons (Fsp3) is 0.500. The lowest BCUT2D eigenvalue weighted by atomic mass is 9.87. The number of rotatable bonds is 28. The summed E-state index contributed by atoms with van der Waals surface area (Å²) in [5.41, 5.74) is 0. The molecule has 6 aromatic rings.